The number of anilines is 1. The SMILES string of the molecule is Cc1nc(N2CCC(C(=O)N3CCC4(C=Cc5ccccc54)CC3)CC2)nc2ccccc12. The van der Waals surface area contributed by atoms with Gasteiger partial charge in [-0.25, -0.2) is 9.97 Å². The zero-order valence-electron chi connectivity index (χ0n) is 19.2. The molecule has 3 heterocycles. The Morgan fingerprint density at radius 3 is 2.48 bits per heavy atom. The molecule has 5 nitrogen and oxygen atoms in total. The number of likely N-dealkylation sites (tertiary alicyclic amines) is 1. The molecule has 2 saturated heterocycles. The van der Waals surface area contributed by atoms with Gasteiger partial charge in [-0.05, 0) is 49.8 Å². The Hall–Kier alpha value is -3.21. The van der Waals surface area contributed by atoms with Crippen LogP contribution in [0, 0.1) is 12.8 Å². The summed E-state index contributed by atoms with van der Waals surface area (Å²) in [5.74, 6) is 1.25. The summed E-state index contributed by atoms with van der Waals surface area (Å²) in [6, 6.07) is 16.9. The van der Waals surface area contributed by atoms with Crippen molar-refractivity contribution >= 4 is 28.8 Å². The summed E-state index contributed by atoms with van der Waals surface area (Å²) in [6.07, 6.45) is 8.43. The molecule has 1 amide bonds. The summed E-state index contributed by atoms with van der Waals surface area (Å²) < 4.78 is 0. The standard InChI is InChI=1S/C28H30N4O/c1-20-23-7-3-5-9-25(23)30-27(29-20)32-16-11-22(12-17-32)26(33)31-18-14-28(15-19-31)13-10-21-6-2-4-8-24(21)28/h2-10,13,22H,11-12,14-19H2,1H3. The quantitative estimate of drug-likeness (QED) is 0.580. The Morgan fingerprint density at radius 2 is 1.67 bits per heavy atom. The molecule has 168 valence electrons. The van der Waals surface area contributed by atoms with Crippen molar-refractivity contribution in [3.63, 3.8) is 0 Å². The minimum Gasteiger partial charge on any atom is -0.342 e. The second-order valence-corrected chi connectivity index (χ2v) is 9.79. The number of hydrogen-bond acceptors (Lipinski definition) is 4. The van der Waals surface area contributed by atoms with Gasteiger partial charge in [0, 0.05) is 42.9 Å². The normalized spacial score (nSPS) is 19.9. The molecule has 0 bridgehead atoms. The summed E-state index contributed by atoms with van der Waals surface area (Å²) in [6.45, 7) is 5.42. The molecule has 0 unspecified atom stereocenters. The number of aromatic nitrogens is 2. The van der Waals surface area contributed by atoms with Gasteiger partial charge in [0.25, 0.3) is 0 Å². The number of amides is 1. The number of benzene rings is 2. The zero-order chi connectivity index (χ0) is 22.4. The Balaban J connectivity index is 1.09. The third-order valence-corrected chi connectivity index (χ3v) is 7.96. The van der Waals surface area contributed by atoms with Crippen LogP contribution < -0.4 is 4.90 Å². The second-order valence-electron chi connectivity index (χ2n) is 9.79. The molecule has 0 atom stereocenters. The van der Waals surface area contributed by atoms with Crippen LogP contribution in [0.2, 0.25) is 0 Å². The molecule has 1 aliphatic carbocycles. The maximum Gasteiger partial charge on any atom is 0.226 e. The number of carbonyl (C=O) groups excluding carboxylic acids is 1. The van der Waals surface area contributed by atoms with E-state index in [2.05, 4.69) is 52.3 Å². The molecule has 1 aromatic heterocycles. The lowest BCUT2D eigenvalue weighted by molar-refractivity contribution is -0.137. The minimum atomic E-state index is 0.114. The van der Waals surface area contributed by atoms with Crippen LogP contribution >= 0.6 is 0 Å². The fourth-order valence-electron chi connectivity index (χ4n) is 5.94. The highest BCUT2D eigenvalue weighted by Gasteiger charge is 2.40. The van der Waals surface area contributed by atoms with Gasteiger partial charge in [-0.15, -0.1) is 0 Å². The number of rotatable bonds is 2. The molecule has 1 spiro atoms. The van der Waals surface area contributed by atoms with Crippen molar-refractivity contribution in [3.05, 3.63) is 71.4 Å². The molecule has 5 heteroatoms. The van der Waals surface area contributed by atoms with E-state index in [9.17, 15) is 4.79 Å². The lowest BCUT2D eigenvalue weighted by Crippen LogP contribution is -2.48. The molecular weight excluding hydrogens is 408 g/mol. The average molecular weight is 439 g/mol. The van der Waals surface area contributed by atoms with Gasteiger partial charge >= 0.3 is 0 Å². The van der Waals surface area contributed by atoms with Crippen LogP contribution in [0.5, 0.6) is 0 Å². The van der Waals surface area contributed by atoms with Crippen molar-refractivity contribution in [1.82, 2.24) is 14.9 Å². The van der Waals surface area contributed by atoms with E-state index < -0.39 is 0 Å². The first-order valence-electron chi connectivity index (χ1n) is 12.2. The topological polar surface area (TPSA) is 49.3 Å². The lowest BCUT2D eigenvalue weighted by atomic mass is 9.74. The molecule has 3 aromatic rings. The van der Waals surface area contributed by atoms with Crippen molar-refractivity contribution in [1.29, 1.82) is 0 Å². The third-order valence-electron chi connectivity index (χ3n) is 7.96. The van der Waals surface area contributed by atoms with E-state index >= 15 is 0 Å². The highest BCUT2D eigenvalue weighted by atomic mass is 16.2. The molecule has 0 saturated carbocycles. The van der Waals surface area contributed by atoms with Crippen molar-refractivity contribution in [2.75, 3.05) is 31.1 Å². The first-order valence-corrected chi connectivity index (χ1v) is 12.2. The Bertz CT molecular complexity index is 1230. The number of para-hydroxylation sites is 1. The fourth-order valence-corrected chi connectivity index (χ4v) is 5.94. The number of nitrogens with zero attached hydrogens (tertiary/aromatic N) is 4. The van der Waals surface area contributed by atoms with E-state index in [1.54, 1.807) is 0 Å². The fraction of sp³-hybridized carbons (Fsp3) is 0.393. The molecule has 2 aliphatic heterocycles. The van der Waals surface area contributed by atoms with E-state index in [-0.39, 0.29) is 11.3 Å². The van der Waals surface area contributed by atoms with Crippen LogP contribution in [-0.4, -0.2) is 47.0 Å². The number of allylic oxidation sites excluding steroid dienone is 1. The number of carbonyl (C=O) groups is 1. The van der Waals surface area contributed by atoms with Gasteiger partial charge in [0.05, 0.1) is 11.2 Å². The first kappa shape index (κ1) is 20.4. The molecule has 3 aliphatic rings. The molecule has 0 N–H and O–H groups in total. The van der Waals surface area contributed by atoms with E-state index in [0.29, 0.717) is 5.91 Å². The van der Waals surface area contributed by atoms with Crippen molar-refractivity contribution in [2.24, 2.45) is 5.92 Å². The zero-order valence-corrected chi connectivity index (χ0v) is 19.2. The lowest BCUT2D eigenvalue weighted by Gasteiger charge is -2.41. The van der Waals surface area contributed by atoms with Crippen LogP contribution in [-0.2, 0) is 10.2 Å². The Labute approximate surface area is 195 Å². The summed E-state index contributed by atoms with van der Waals surface area (Å²) in [5, 5.41) is 1.11. The molecule has 2 aromatic carbocycles. The number of hydrogen-bond donors (Lipinski definition) is 0. The van der Waals surface area contributed by atoms with Crippen molar-refractivity contribution < 1.29 is 4.79 Å². The van der Waals surface area contributed by atoms with Crippen LogP contribution in [0.4, 0.5) is 5.95 Å². The van der Waals surface area contributed by atoms with Gasteiger partial charge in [0.15, 0.2) is 0 Å². The molecular formula is C28H30N4O. The number of aryl methyl sites for hydroxylation is 1. The van der Waals surface area contributed by atoms with Gasteiger partial charge in [-0.2, -0.15) is 0 Å². The van der Waals surface area contributed by atoms with Crippen LogP contribution in [0.1, 0.15) is 42.5 Å². The summed E-state index contributed by atoms with van der Waals surface area (Å²) in [5.41, 5.74) is 4.91. The average Bonchev–Trinajstić information content (AvgIpc) is 3.22. The number of piperidine rings is 2. The summed E-state index contributed by atoms with van der Waals surface area (Å²) in [4.78, 5) is 27.2. The minimum absolute atomic E-state index is 0.114. The van der Waals surface area contributed by atoms with Crippen LogP contribution in [0.15, 0.2) is 54.6 Å². The van der Waals surface area contributed by atoms with E-state index in [4.69, 9.17) is 9.97 Å². The van der Waals surface area contributed by atoms with Crippen molar-refractivity contribution in [2.45, 2.75) is 38.0 Å². The largest absolute Gasteiger partial charge is 0.342 e. The highest BCUT2D eigenvalue weighted by Crippen LogP contribution is 2.44. The van der Waals surface area contributed by atoms with E-state index in [1.165, 1.54) is 11.1 Å². The van der Waals surface area contributed by atoms with E-state index in [1.807, 2.05) is 25.1 Å². The molecule has 33 heavy (non-hydrogen) atoms. The summed E-state index contributed by atoms with van der Waals surface area (Å²) in [7, 11) is 0. The van der Waals surface area contributed by atoms with Gasteiger partial charge in [0.1, 0.15) is 0 Å². The first-order chi connectivity index (χ1) is 16.1. The molecule has 6 rings (SSSR count). The predicted molar refractivity (Wildman–Crippen MR) is 132 cm³/mol. The van der Waals surface area contributed by atoms with Gasteiger partial charge in [-0.1, -0.05) is 54.6 Å². The maximum absolute atomic E-state index is 13.3. The summed E-state index contributed by atoms with van der Waals surface area (Å²) >= 11 is 0. The monoisotopic (exact) mass is 438 g/mol. The maximum atomic E-state index is 13.3. The smallest absolute Gasteiger partial charge is 0.226 e. The van der Waals surface area contributed by atoms with Crippen LogP contribution in [0.25, 0.3) is 17.0 Å². The van der Waals surface area contributed by atoms with E-state index in [0.717, 1.165) is 74.4 Å². The molecule has 2 fully saturated rings. The third kappa shape index (κ3) is 3.50. The van der Waals surface area contributed by atoms with Crippen molar-refractivity contribution in [3.8, 4) is 0 Å². The van der Waals surface area contributed by atoms with Gasteiger partial charge < -0.3 is 9.80 Å². The second kappa shape index (κ2) is 7.98. The predicted octanol–water partition coefficient (Wildman–Crippen LogP) is 4.74. The van der Waals surface area contributed by atoms with Gasteiger partial charge in [-0.3, -0.25) is 4.79 Å². The Morgan fingerprint density at radius 1 is 0.939 bits per heavy atom. The Kier molecular flexibility index (Phi) is 4.93. The van der Waals surface area contributed by atoms with Gasteiger partial charge in [0.2, 0.25) is 11.9 Å². The highest BCUT2D eigenvalue weighted by molar-refractivity contribution is 5.82. The molecule has 0 radical (unpaired) electrons. The van der Waals surface area contributed by atoms with Crippen LogP contribution in [0.3, 0.4) is 0 Å². The number of fused-ring (bicyclic) bond motifs is 3.